The number of nitrogens with two attached hydrogens (primary N) is 1. The summed E-state index contributed by atoms with van der Waals surface area (Å²) in [4.78, 5) is 39.2. The van der Waals surface area contributed by atoms with Crippen molar-refractivity contribution >= 4 is 22.6 Å². The molecular formula is C20H21N3O4. The van der Waals surface area contributed by atoms with Gasteiger partial charge in [0, 0.05) is 5.69 Å². The monoisotopic (exact) mass is 367 g/mol. The number of carboxylic acid groups (broad SMARTS) is 1. The quantitative estimate of drug-likeness (QED) is 0.597. The minimum absolute atomic E-state index is 0.00131. The number of aromatic amines is 1. The van der Waals surface area contributed by atoms with Crippen molar-refractivity contribution < 1.29 is 9.90 Å². The van der Waals surface area contributed by atoms with Crippen LogP contribution in [0.15, 0.2) is 52.1 Å². The smallest absolute Gasteiger partial charge is 0.333 e. The van der Waals surface area contributed by atoms with Crippen LogP contribution in [0.4, 0.5) is 5.69 Å². The van der Waals surface area contributed by atoms with E-state index in [2.05, 4.69) is 4.98 Å². The van der Waals surface area contributed by atoms with E-state index >= 15 is 0 Å². The van der Waals surface area contributed by atoms with Gasteiger partial charge in [0.1, 0.15) is 0 Å². The zero-order chi connectivity index (χ0) is 19.7. The molecule has 140 valence electrons. The van der Waals surface area contributed by atoms with Gasteiger partial charge in [-0.3, -0.25) is 9.59 Å². The second-order valence-electron chi connectivity index (χ2n) is 6.94. The highest BCUT2D eigenvalue weighted by molar-refractivity contribution is 5.81. The number of carboxylic acids is 1. The van der Waals surface area contributed by atoms with Crippen LogP contribution in [0.2, 0.25) is 0 Å². The first kappa shape index (κ1) is 18.4. The fourth-order valence-corrected chi connectivity index (χ4v) is 3.11. The topological polar surface area (TPSA) is 118 Å². The van der Waals surface area contributed by atoms with Crippen LogP contribution in [-0.4, -0.2) is 20.6 Å². The van der Waals surface area contributed by atoms with Gasteiger partial charge in [0.15, 0.2) is 0 Å². The number of fused-ring (bicyclic) bond motifs is 1. The molecule has 0 saturated carbocycles. The van der Waals surface area contributed by atoms with Gasteiger partial charge >= 0.3 is 11.7 Å². The Bertz CT molecular complexity index is 1110. The third kappa shape index (κ3) is 3.62. The summed E-state index contributed by atoms with van der Waals surface area (Å²) in [5.74, 6) is -1.34. The lowest BCUT2D eigenvalue weighted by molar-refractivity contribution is -0.143. The molecule has 7 heteroatoms. The number of H-pyrrole nitrogens is 1. The Balaban J connectivity index is 2.02. The lowest BCUT2D eigenvalue weighted by Crippen LogP contribution is -2.33. The Labute approximate surface area is 155 Å². The van der Waals surface area contributed by atoms with Crippen molar-refractivity contribution in [3.05, 3.63) is 68.9 Å². The molecule has 0 spiro atoms. The van der Waals surface area contributed by atoms with Gasteiger partial charge in [-0.05, 0) is 48.2 Å². The summed E-state index contributed by atoms with van der Waals surface area (Å²) in [5.41, 5.74) is 6.83. The van der Waals surface area contributed by atoms with E-state index in [-0.39, 0.29) is 5.92 Å². The molecule has 3 aromatic rings. The summed E-state index contributed by atoms with van der Waals surface area (Å²) >= 11 is 0. The Morgan fingerprint density at radius 3 is 2.41 bits per heavy atom. The van der Waals surface area contributed by atoms with Gasteiger partial charge in [-0.1, -0.05) is 26.0 Å². The average Bonchev–Trinajstić information content (AvgIpc) is 2.61. The van der Waals surface area contributed by atoms with Crippen molar-refractivity contribution in [3.63, 3.8) is 0 Å². The number of aromatic nitrogens is 2. The number of hydrogen-bond acceptors (Lipinski definition) is 4. The van der Waals surface area contributed by atoms with E-state index in [9.17, 15) is 19.5 Å². The summed E-state index contributed by atoms with van der Waals surface area (Å²) < 4.78 is 1.04. The van der Waals surface area contributed by atoms with Crippen molar-refractivity contribution in [1.29, 1.82) is 0 Å². The first-order chi connectivity index (χ1) is 12.8. The minimum Gasteiger partial charge on any atom is -0.481 e. The van der Waals surface area contributed by atoms with Crippen molar-refractivity contribution in [1.82, 2.24) is 9.55 Å². The van der Waals surface area contributed by atoms with Gasteiger partial charge in [-0.2, -0.15) is 0 Å². The maximum atomic E-state index is 12.8. The maximum absolute atomic E-state index is 12.8. The zero-order valence-electron chi connectivity index (χ0n) is 15.1. The number of anilines is 1. The number of rotatable bonds is 5. The molecule has 0 aliphatic rings. The summed E-state index contributed by atoms with van der Waals surface area (Å²) in [7, 11) is 0. The van der Waals surface area contributed by atoms with Gasteiger partial charge in [0.25, 0.3) is 5.56 Å². The van der Waals surface area contributed by atoms with Gasteiger partial charge in [0.2, 0.25) is 0 Å². The lowest BCUT2D eigenvalue weighted by atomic mass is 9.89. The Morgan fingerprint density at radius 2 is 1.81 bits per heavy atom. The summed E-state index contributed by atoms with van der Waals surface area (Å²) in [6, 6.07) is 11.5. The Morgan fingerprint density at radius 1 is 1.15 bits per heavy atom. The molecule has 0 aliphatic carbocycles. The highest BCUT2D eigenvalue weighted by atomic mass is 16.4. The van der Waals surface area contributed by atoms with Crippen LogP contribution >= 0.6 is 0 Å². The lowest BCUT2D eigenvalue weighted by Gasteiger charge is -2.16. The molecule has 0 saturated heterocycles. The number of nitrogen functional groups attached to an aromatic ring is 1. The normalized spacial score (nSPS) is 12.4. The molecule has 1 unspecified atom stereocenters. The summed E-state index contributed by atoms with van der Waals surface area (Å²) in [6.45, 7) is 3.74. The number of nitrogens with one attached hydrogen (secondary N) is 1. The van der Waals surface area contributed by atoms with Gasteiger partial charge < -0.3 is 15.8 Å². The molecule has 0 aliphatic heterocycles. The van der Waals surface area contributed by atoms with Crippen LogP contribution in [0, 0.1) is 11.8 Å². The standard InChI is InChI=1S/C20H21N3O4/c1-11(2)15(19(25)26)9-12-3-6-14(7-4-12)23-18(24)16-10-13(21)5-8-17(16)22-20(23)27/h3-8,10-11,15H,9,21H2,1-2H3,(H,22,27)(H,25,26). The van der Waals surface area contributed by atoms with Crippen LogP contribution < -0.4 is 17.0 Å². The molecule has 7 nitrogen and oxygen atoms in total. The second kappa shape index (κ2) is 7.11. The van der Waals surface area contributed by atoms with E-state index in [1.807, 2.05) is 13.8 Å². The van der Waals surface area contributed by atoms with Crippen molar-refractivity contribution in [2.75, 3.05) is 5.73 Å². The molecule has 1 heterocycles. The first-order valence-corrected chi connectivity index (χ1v) is 8.64. The minimum atomic E-state index is -0.839. The molecule has 3 rings (SSSR count). The summed E-state index contributed by atoms with van der Waals surface area (Å²) in [5, 5.41) is 9.66. The predicted molar refractivity (Wildman–Crippen MR) is 104 cm³/mol. The Kier molecular flexibility index (Phi) is 4.85. The van der Waals surface area contributed by atoms with Crippen molar-refractivity contribution in [3.8, 4) is 5.69 Å². The predicted octanol–water partition coefficient (Wildman–Crippen LogP) is 2.16. The number of carbonyl (C=O) groups is 1. The molecule has 27 heavy (non-hydrogen) atoms. The molecule has 1 atom stereocenters. The van der Waals surface area contributed by atoms with E-state index in [1.54, 1.807) is 36.4 Å². The number of aliphatic carboxylic acids is 1. The first-order valence-electron chi connectivity index (χ1n) is 8.64. The van der Waals surface area contributed by atoms with Crippen LogP contribution in [-0.2, 0) is 11.2 Å². The fourth-order valence-electron chi connectivity index (χ4n) is 3.11. The molecule has 4 N–H and O–H groups in total. The third-order valence-electron chi connectivity index (χ3n) is 4.69. The highest BCUT2D eigenvalue weighted by Crippen LogP contribution is 2.19. The van der Waals surface area contributed by atoms with E-state index in [1.165, 1.54) is 6.07 Å². The molecule has 0 amide bonds. The largest absolute Gasteiger partial charge is 0.481 e. The number of benzene rings is 2. The second-order valence-corrected chi connectivity index (χ2v) is 6.94. The average molecular weight is 367 g/mol. The van der Waals surface area contributed by atoms with Crippen molar-refractivity contribution in [2.24, 2.45) is 11.8 Å². The van der Waals surface area contributed by atoms with Crippen LogP contribution in [0.25, 0.3) is 16.6 Å². The van der Waals surface area contributed by atoms with Gasteiger partial charge in [-0.25, -0.2) is 9.36 Å². The molecule has 0 fully saturated rings. The van der Waals surface area contributed by atoms with Gasteiger partial charge in [-0.15, -0.1) is 0 Å². The molecule has 0 radical (unpaired) electrons. The maximum Gasteiger partial charge on any atom is 0.333 e. The zero-order valence-corrected chi connectivity index (χ0v) is 15.1. The van der Waals surface area contributed by atoms with E-state index in [0.29, 0.717) is 28.7 Å². The van der Waals surface area contributed by atoms with Crippen molar-refractivity contribution in [2.45, 2.75) is 20.3 Å². The van der Waals surface area contributed by atoms with E-state index < -0.39 is 23.1 Å². The van der Waals surface area contributed by atoms with E-state index in [4.69, 9.17) is 5.73 Å². The van der Waals surface area contributed by atoms with Crippen LogP contribution in [0.3, 0.4) is 0 Å². The van der Waals surface area contributed by atoms with Crippen LogP contribution in [0.5, 0.6) is 0 Å². The summed E-state index contributed by atoms with van der Waals surface area (Å²) in [6.07, 6.45) is 0.382. The van der Waals surface area contributed by atoms with E-state index in [0.717, 1.165) is 10.1 Å². The number of nitrogens with zero attached hydrogens (tertiary/aromatic N) is 1. The fraction of sp³-hybridized carbons (Fsp3) is 0.250. The SMILES string of the molecule is CC(C)C(Cc1ccc(-n2c(=O)[nH]c3ccc(N)cc3c2=O)cc1)C(=O)O. The molecule has 2 aromatic carbocycles. The third-order valence-corrected chi connectivity index (χ3v) is 4.69. The molecule has 0 bridgehead atoms. The van der Waals surface area contributed by atoms with Gasteiger partial charge in [0.05, 0.1) is 22.5 Å². The Hall–Kier alpha value is -3.35. The van der Waals surface area contributed by atoms with Crippen LogP contribution in [0.1, 0.15) is 19.4 Å². The highest BCUT2D eigenvalue weighted by Gasteiger charge is 2.21. The molecular weight excluding hydrogens is 346 g/mol. The number of hydrogen-bond donors (Lipinski definition) is 3. The molecule has 1 aromatic heterocycles.